The molecule has 1 atom stereocenters. The number of methoxy groups -OCH3 is 1. The molecule has 0 fully saturated rings. The smallest absolute Gasteiger partial charge is 0.0962 e. The number of hydrogen-bond donors (Lipinski definition) is 1. The maximum atomic E-state index is 5.37. The first-order valence-electron chi connectivity index (χ1n) is 7.19. The first kappa shape index (κ1) is 15.0. The average molecular weight is 275 g/mol. The Hall–Kier alpha value is -1.39. The molecule has 0 aliphatic heterocycles. The van der Waals surface area contributed by atoms with Crippen molar-refractivity contribution in [1.82, 2.24) is 14.9 Å². The molecule has 4 nitrogen and oxygen atoms in total. The predicted octanol–water partition coefficient (Wildman–Crippen LogP) is 2.84. The summed E-state index contributed by atoms with van der Waals surface area (Å²) in [5, 5.41) is 3.48. The van der Waals surface area contributed by atoms with Crippen LogP contribution in [0.4, 0.5) is 0 Å². The number of nitrogens with zero attached hydrogens (tertiary/aromatic N) is 2. The predicted molar refractivity (Wildman–Crippen MR) is 83.3 cm³/mol. The van der Waals surface area contributed by atoms with Crippen LogP contribution in [-0.4, -0.2) is 35.9 Å². The van der Waals surface area contributed by atoms with Crippen LogP contribution in [0, 0.1) is 13.8 Å². The second-order valence-corrected chi connectivity index (χ2v) is 5.75. The number of ether oxygens (including phenoxy) is 1. The quantitative estimate of drug-likeness (QED) is 0.881. The van der Waals surface area contributed by atoms with Crippen LogP contribution in [0.15, 0.2) is 18.5 Å². The van der Waals surface area contributed by atoms with Crippen LogP contribution >= 0.6 is 0 Å². The van der Waals surface area contributed by atoms with E-state index in [1.165, 1.54) is 16.6 Å². The minimum Gasteiger partial charge on any atom is -0.382 e. The summed E-state index contributed by atoms with van der Waals surface area (Å²) < 4.78 is 7.60. The molecule has 2 aromatic rings. The number of nitrogens with one attached hydrogen (secondary N) is 1. The summed E-state index contributed by atoms with van der Waals surface area (Å²) in [7, 11) is 1.75. The van der Waals surface area contributed by atoms with E-state index in [0.717, 1.165) is 12.1 Å². The first-order chi connectivity index (χ1) is 9.52. The SMILES string of the molecule is COCC(CNC(C)C)n1cnc2cc(C)c(C)cc21. The third-order valence-electron chi connectivity index (χ3n) is 3.70. The normalized spacial score (nSPS) is 13.3. The van der Waals surface area contributed by atoms with Crippen molar-refractivity contribution in [2.75, 3.05) is 20.3 Å². The van der Waals surface area contributed by atoms with Gasteiger partial charge in [-0.25, -0.2) is 4.98 Å². The Morgan fingerprint density at radius 2 is 1.95 bits per heavy atom. The molecule has 1 heterocycles. The molecule has 0 saturated carbocycles. The number of hydrogen-bond acceptors (Lipinski definition) is 3. The van der Waals surface area contributed by atoms with Crippen LogP contribution in [0.3, 0.4) is 0 Å². The standard InChI is InChI=1S/C16H25N3O/c1-11(2)17-8-14(9-20-5)19-10-18-15-6-12(3)13(4)7-16(15)19/h6-7,10-11,14,17H,8-9H2,1-5H3. The van der Waals surface area contributed by atoms with E-state index >= 15 is 0 Å². The molecule has 1 N–H and O–H groups in total. The molecule has 1 aromatic carbocycles. The molecule has 0 aliphatic rings. The van der Waals surface area contributed by atoms with Gasteiger partial charge in [0.2, 0.25) is 0 Å². The van der Waals surface area contributed by atoms with E-state index in [4.69, 9.17) is 4.74 Å². The van der Waals surface area contributed by atoms with E-state index in [-0.39, 0.29) is 6.04 Å². The Balaban J connectivity index is 2.35. The van der Waals surface area contributed by atoms with Gasteiger partial charge < -0.3 is 14.6 Å². The Bertz CT molecular complexity index is 574. The lowest BCUT2D eigenvalue weighted by Gasteiger charge is -2.21. The second kappa shape index (κ2) is 6.37. The maximum absolute atomic E-state index is 5.37. The van der Waals surface area contributed by atoms with Crippen molar-refractivity contribution in [3.63, 3.8) is 0 Å². The van der Waals surface area contributed by atoms with Crippen LogP contribution in [-0.2, 0) is 4.74 Å². The largest absolute Gasteiger partial charge is 0.382 e. The summed E-state index contributed by atoms with van der Waals surface area (Å²) in [6, 6.07) is 5.10. The monoisotopic (exact) mass is 275 g/mol. The van der Waals surface area contributed by atoms with E-state index in [9.17, 15) is 0 Å². The summed E-state index contributed by atoms with van der Waals surface area (Å²) in [6.45, 7) is 10.1. The molecule has 4 heteroatoms. The molecular formula is C16H25N3O. The molecule has 0 bridgehead atoms. The zero-order valence-electron chi connectivity index (χ0n) is 13.1. The number of fused-ring (bicyclic) bond motifs is 1. The Morgan fingerprint density at radius 3 is 2.60 bits per heavy atom. The third-order valence-corrected chi connectivity index (χ3v) is 3.70. The number of benzene rings is 1. The highest BCUT2D eigenvalue weighted by molar-refractivity contribution is 5.77. The molecule has 0 amide bonds. The fourth-order valence-electron chi connectivity index (χ4n) is 2.38. The van der Waals surface area contributed by atoms with Crippen LogP contribution in [0.25, 0.3) is 11.0 Å². The van der Waals surface area contributed by atoms with Gasteiger partial charge in [0.05, 0.1) is 30.0 Å². The van der Waals surface area contributed by atoms with Crippen molar-refractivity contribution < 1.29 is 4.74 Å². The van der Waals surface area contributed by atoms with E-state index in [2.05, 4.69) is 54.7 Å². The maximum Gasteiger partial charge on any atom is 0.0962 e. The molecule has 2 rings (SSSR count). The fraction of sp³-hybridized carbons (Fsp3) is 0.562. The van der Waals surface area contributed by atoms with Gasteiger partial charge >= 0.3 is 0 Å². The van der Waals surface area contributed by atoms with Gasteiger partial charge in [-0.15, -0.1) is 0 Å². The fourth-order valence-corrected chi connectivity index (χ4v) is 2.38. The summed E-state index contributed by atoms with van der Waals surface area (Å²) in [5.41, 5.74) is 4.82. The second-order valence-electron chi connectivity index (χ2n) is 5.75. The van der Waals surface area contributed by atoms with E-state index in [1.807, 2.05) is 6.33 Å². The van der Waals surface area contributed by atoms with Crippen LogP contribution in [0.1, 0.15) is 31.0 Å². The molecule has 1 unspecified atom stereocenters. The van der Waals surface area contributed by atoms with Crippen molar-refractivity contribution in [2.24, 2.45) is 0 Å². The zero-order chi connectivity index (χ0) is 14.7. The third kappa shape index (κ3) is 3.19. The minimum atomic E-state index is 0.259. The van der Waals surface area contributed by atoms with Crippen molar-refractivity contribution in [2.45, 2.75) is 39.8 Å². The van der Waals surface area contributed by atoms with E-state index in [0.29, 0.717) is 12.6 Å². The summed E-state index contributed by atoms with van der Waals surface area (Å²) in [5.74, 6) is 0. The lowest BCUT2D eigenvalue weighted by molar-refractivity contribution is 0.154. The molecular weight excluding hydrogens is 250 g/mol. The number of aromatic nitrogens is 2. The van der Waals surface area contributed by atoms with E-state index in [1.54, 1.807) is 7.11 Å². The van der Waals surface area contributed by atoms with Gasteiger partial charge in [0.1, 0.15) is 0 Å². The zero-order valence-corrected chi connectivity index (χ0v) is 13.1. The molecule has 0 radical (unpaired) electrons. The Morgan fingerprint density at radius 1 is 1.25 bits per heavy atom. The topological polar surface area (TPSA) is 39.1 Å². The number of imidazole rings is 1. The molecule has 1 aromatic heterocycles. The minimum absolute atomic E-state index is 0.259. The van der Waals surface area contributed by atoms with Gasteiger partial charge in [0.15, 0.2) is 0 Å². The molecule has 110 valence electrons. The lowest BCUT2D eigenvalue weighted by Crippen LogP contribution is -2.32. The summed E-state index contributed by atoms with van der Waals surface area (Å²) in [6.07, 6.45) is 1.93. The van der Waals surface area contributed by atoms with E-state index < -0.39 is 0 Å². The van der Waals surface area contributed by atoms with Crippen LogP contribution in [0.2, 0.25) is 0 Å². The lowest BCUT2D eigenvalue weighted by atomic mass is 10.1. The average Bonchev–Trinajstić information content (AvgIpc) is 2.78. The van der Waals surface area contributed by atoms with Gasteiger partial charge in [0.25, 0.3) is 0 Å². The Kier molecular flexibility index (Phi) is 4.78. The van der Waals surface area contributed by atoms with Gasteiger partial charge in [-0.05, 0) is 37.1 Å². The highest BCUT2D eigenvalue weighted by atomic mass is 16.5. The molecule has 0 saturated heterocycles. The molecule has 0 aliphatic carbocycles. The molecule has 20 heavy (non-hydrogen) atoms. The van der Waals surface area contributed by atoms with Crippen molar-refractivity contribution in [3.05, 3.63) is 29.6 Å². The summed E-state index contributed by atoms with van der Waals surface area (Å²) >= 11 is 0. The highest BCUT2D eigenvalue weighted by Crippen LogP contribution is 2.21. The van der Waals surface area contributed by atoms with Gasteiger partial charge in [0, 0.05) is 19.7 Å². The number of rotatable bonds is 6. The van der Waals surface area contributed by atoms with Crippen LogP contribution in [0.5, 0.6) is 0 Å². The summed E-state index contributed by atoms with van der Waals surface area (Å²) in [4.78, 5) is 4.53. The number of aryl methyl sites for hydroxylation is 2. The van der Waals surface area contributed by atoms with Gasteiger partial charge in [-0.2, -0.15) is 0 Å². The highest BCUT2D eigenvalue weighted by Gasteiger charge is 2.15. The van der Waals surface area contributed by atoms with Crippen LogP contribution < -0.4 is 5.32 Å². The van der Waals surface area contributed by atoms with Crippen molar-refractivity contribution in [1.29, 1.82) is 0 Å². The Labute approximate surface area is 121 Å². The van der Waals surface area contributed by atoms with Gasteiger partial charge in [-0.1, -0.05) is 13.8 Å². The molecule has 0 spiro atoms. The van der Waals surface area contributed by atoms with Crippen molar-refractivity contribution in [3.8, 4) is 0 Å². The first-order valence-corrected chi connectivity index (χ1v) is 7.19. The van der Waals surface area contributed by atoms with Gasteiger partial charge in [-0.3, -0.25) is 0 Å². The van der Waals surface area contributed by atoms with Crippen molar-refractivity contribution >= 4 is 11.0 Å².